The van der Waals surface area contributed by atoms with E-state index < -0.39 is 0 Å². The second-order valence-electron chi connectivity index (χ2n) is 3.85. The molecule has 3 aromatic rings. The molecule has 0 atom stereocenters. The Hall–Kier alpha value is -2.54. The van der Waals surface area contributed by atoms with Gasteiger partial charge in [-0.05, 0) is 16.9 Å². The molecule has 2 N–H and O–H groups in total. The monoisotopic (exact) mass is 271 g/mol. The van der Waals surface area contributed by atoms with Gasteiger partial charge in [-0.15, -0.1) is 21.5 Å². The van der Waals surface area contributed by atoms with E-state index in [-0.39, 0.29) is 5.56 Å². The molecule has 0 aliphatic carbocycles. The zero-order chi connectivity index (χ0) is 13.2. The minimum atomic E-state index is -0.114. The molecule has 0 saturated heterocycles. The molecule has 0 radical (unpaired) electrons. The number of aromatic nitrogens is 5. The minimum Gasteiger partial charge on any atom is -0.313 e. The van der Waals surface area contributed by atoms with Crippen LogP contribution in [0.4, 0.5) is 0 Å². The third-order valence-corrected chi connectivity index (χ3v) is 3.39. The molecule has 1 aromatic carbocycles. The summed E-state index contributed by atoms with van der Waals surface area (Å²) in [7, 11) is 0. The lowest BCUT2D eigenvalue weighted by Gasteiger charge is -1.95. The number of nitrogens with one attached hydrogen (secondary N) is 2. The molecular weight excluding hydrogens is 262 g/mol. The number of hydrogen-bond acceptors (Lipinski definition) is 5. The number of tetrazole rings is 1. The Morgan fingerprint density at radius 3 is 2.63 bits per heavy atom. The zero-order valence-electron chi connectivity index (χ0n) is 9.75. The summed E-state index contributed by atoms with van der Waals surface area (Å²) in [5.41, 5.74) is 1.68. The molecule has 3 rings (SSSR count). The first-order valence-corrected chi connectivity index (χ1v) is 6.28. The molecule has 2 aromatic heterocycles. The summed E-state index contributed by atoms with van der Waals surface area (Å²) < 4.78 is 1.29. The van der Waals surface area contributed by atoms with Crippen molar-refractivity contribution in [3.05, 3.63) is 49.4 Å². The summed E-state index contributed by atoms with van der Waals surface area (Å²) in [6, 6.07) is 7.55. The van der Waals surface area contributed by atoms with Gasteiger partial charge in [-0.3, -0.25) is 4.79 Å². The molecule has 0 aliphatic rings. The van der Waals surface area contributed by atoms with Gasteiger partial charge in [-0.25, -0.2) is 0 Å². The van der Waals surface area contributed by atoms with Gasteiger partial charge in [0.2, 0.25) is 5.82 Å². The Labute approximate surface area is 111 Å². The van der Waals surface area contributed by atoms with Crippen LogP contribution in [0, 0.1) is 0 Å². The van der Waals surface area contributed by atoms with E-state index in [9.17, 15) is 4.79 Å². The van der Waals surface area contributed by atoms with Gasteiger partial charge >= 0.3 is 0 Å². The first-order valence-electron chi connectivity index (χ1n) is 5.46. The molecule has 94 valence electrons. The van der Waals surface area contributed by atoms with Crippen LogP contribution in [0.15, 0.2) is 29.1 Å². The Morgan fingerprint density at radius 1 is 1.26 bits per heavy atom. The topological polar surface area (TPSA) is 87.3 Å². The van der Waals surface area contributed by atoms with Gasteiger partial charge in [-0.2, -0.15) is 5.21 Å². The SMILES string of the molecule is C=c1[nH]c(=O)/c(=C/c2ccc(-c3nn[nH]n3)cc2)s1. The Bertz CT molecular complexity index is 845. The average molecular weight is 271 g/mol. The lowest BCUT2D eigenvalue weighted by atomic mass is 10.1. The van der Waals surface area contributed by atoms with Crippen molar-refractivity contribution in [1.82, 2.24) is 25.6 Å². The predicted molar refractivity (Wildman–Crippen MR) is 72.9 cm³/mol. The summed E-state index contributed by atoms with van der Waals surface area (Å²) in [5, 5.41) is 13.7. The highest BCUT2D eigenvalue weighted by atomic mass is 32.1. The zero-order valence-corrected chi connectivity index (χ0v) is 10.6. The number of benzene rings is 1. The van der Waals surface area contributed by atoms with Gasteiger partial charge in [0.25, 0.3) is 5.56 Å². The van der Waals surface area contributed by atoms with Crippen molar-refractivity contribution in [3.8, 4) is 11.4 Å². The van der Waals surface area contributed by atoms with Crippen molar-refractivity contribution >= 4 is 24.0 Å². The van der Waals surface area contributed by atoms with Gasteiger partial charge in [-0.1, -0.05) is 30.8 Å². The highest BCUT2D eigenvalue weighted by molar-refractivity contribution is 7.07. The van der Waals surface area contributed by atoms with Crippen molar-refractivity contribution in [2.24, 2.45) is 0 Å². The maximum Gasteiger partial charge on any atom is 0.266 e. The third-order valence-electron chi connectivity index (χ3n) is 2.52. The van der Waals surface area contributed by atoms with Gasteiger partial charge < -0.3 is 4.98 Å². The fourth-order valence-electron chi connectivity index (χ4n) is 1.65. The second-order valence-corrected chi connectivity index (χ2v) is 4.98. The predicted octanol–water partition coefficient (Wildman–Crippen LogP) is -0.144. The maximum atomic E-state index is 11.5. The number of hydrogen-bond donors (Lipinski definition) is 2. The maximum absolute atomic E-state index is 11.5. The average Bonchev–Trinajstić information content (AvgIpc) is 3.01. The standard InChI is InChI=1S/C12H9N5OS/c1-7-13-12(18)10(19-7)6-8-2-4-9(5-3-8)11-14-16-17-15-11/h2-6H,1H2,(H,13,18)(H,14,15,16,17)/b10-6-. The number of thiazole rings is 1. The number of rotatable bonds is 2. The third kappa shape index (κ3) is 2.36. The van der Waals surface area contributed by atoms with E-state index in [1.54, 1.807) is 0 Å². The number of H-pyrrole nitrogens is 2. The summed E-state index contributed by atoms with van der Waals surface area (Å²) in [6.07, 6.45) is 1.82. The first-order chi connectivity index (χ1) is 9.22. The van der Waals surface area contributed by atoms with E-state index in [0.29, 0.717) is 15.0 Å². The molecule has 19 heavy (non-hydrogen) atoms. The fourth-order valence-corrected chi connectivity index (χ4v) is 2.40. The molecular formula is C12H9N5OS. The molecule has 0 aliphatic heterocycles. The van der Waals surface area contributed by atoms with Crippen LogP contribution in [-0.2, 0) is 0 Å². The highest BCUT2D eigenvalue weighted by Crippen LogP contribution is 2.13. The normalized spacial score (nSPS) is 11.9. The summed E-state index contributed by atoms with van der Waals surface area (Å²) in [6.45, 7) is 3.71. The van der Waals surface area contributed by atoms with E-state index in [4.69, 9.17) is 0 Å². The van der Waals surface area contributed by atoms with Gasteiger partial charge in [0, 0.05) is 5.56 Å². The van der Waals surface area contributed by atoms with Crippen LogP contribution in [0.25, 0.3) is 24.0 Å². The smallest absolute Gasteiger partial charge is 0.266 e. The fraction of sp³-hybridized carbons (Fsp3) is 0. The second kappa shape index (κ2) is 4.62. The molecule has 0 spiro atoms. The van der Waals surface area contributed by atoms with Crippen LogP contribution in [0.1, 0.15) is 5.56 Å². The molecule has 0 amide bonds. The van der Waals surface area contributed by atoms with Crippen molar-refractivity contribution in [3.63, 3.8) is 0 Å². The lowest BCUT2D eigenvalue weighted by Crippen LogP contribution is -2.19. The van der Waals surface area contributed by atoms with E-state index in [1.807, 2.05) is 30.3 Å². The first kappa shape index (κ1) is 11.5. The quantitative estimate of drug-likeness (QED) is 0.679. The molecule has 0 saturated carbocycles. The Morgan fingerprint density at radius 2 is 2.05 bits per heavy atom. The highest BCUT2D eigenvalue weighted by Gasteiger charge is 2.01. The van der Waals surface area contributed by atoms with Gasteiger partial charge in [0.05, 0.1) is 9.20 Å². The molecule has 0 unspecified atom stereocenters. The lowest BCUT2D eigenvalue weighted by molar-refractivity contribution is 0.881. The van der Waals surface area contributed by atoms with E-state index >= 15 is 0 Å². The van der Waals surface area contributed by atoms with Crippen LogP contribution in [0.3, 0.4) is 0 Å². The Balaban J connectivity index is 2.00. The molecule has 0 fully saturated rings. The van der Waals surface area contributed by atoms with Crippen LogP contribution in [0.5, 0.6) is 0 Å². The van der Waals surface area contributed by atoms with Crippen molar-refractivity contribution in [1.29, 1.82) is 0 Å². The van der Waals surface area contributed by atoms with Crippen LogP contribution in [0.2, 0.25) is 0 Å². The van der Waals surface area contributed by atoms with Crippen LogP contribution < -0.4 is 14.8 Å². The van der Waals surface area contributed by atoms with E-state index in [2.05, 4.69) is 32.2 Å². The van der Waals surface area contributed by atoms with Crippen molar-refractivity contribution < 1.29 is 0 Å². The molecule has 6 nitrogen and oxygen atoms in total. The molecule has 7 heteroatoms. The van der Waals surface area contributed by atoms with Crippen LogP contribution >= 0.6 is 11.3 Å². The summed E-state index contributed by atoms with van der Waals surface area (Å²) in [5.74, 6) is 0.542. The molecule has 2 heterocycles. The Kier molecular flexibility index (Phi) is 2.81. The van der Waals surface area contributed by atoms with Crippen LogP contribution in [-0.4, -0.2) is 25.6 Å². The van der Waals surface area contributed by atoms with E-state index in [0.717, 1.165) is 11.1 Å². The van der Waals surface area contributed by atoms with Crippen molar-refractivity contribution in [2.75, 3.05) is 0 Å². The van der Waals surface area contributed by atoms with E-state index in [1.165, 1.54) is 11.3 Å². The summed E-state index contributed by atoms with van der Waals surface area (Å²) >= 11 is 1.34. The minimum absolute atomic E-state index is 0.114. The number of nitrogens with zero attached hydrogens (tertiary/aromatic N) is 3. The number of aromatic amines is 2. The molecule has 0 bridgehead atoms. The summed E-state index contributed by atoms with van der Waals surface area (Å²) in [4.78, 5) is 14.2. The van der Waals surface area contributed by atoms with Crippen molar-refractivity contribution in [2.45, 2.75) is 0 Å². The van der Waals surface area contributed by atoms with Gasteiger partial charge in [0.1, 0.15) is 0 Å². The van der Waals surface area contributed by atoms with Gasteiger partial charge in [0.15, 0.2) is 0 Å². The largest absolute Gasteiger partial charge is 0.313 e.